The highest BCUT2D eigenvalue weighted by molar-refractivity contribution is 7.92. The minimum Gasteiger partial charge on any atom is -0.491 e. The topological polar surface area (TPSA) is 97.0 Å². The molecule has 1 aromatic carbocycles. The molecule has 1 aliphatic rings. The molecule has 9 heteroatoms. The number of carbonyl (C=O) groups excluding carboxylic acids is 1. The van der Waals surface area contributed by atoms with E-state index in [4.69, 9.17) is 9.47 Å². The van der Waals surface area contributed by atoms with Crippen LogP contribution in [0.3, 0.4) is 0 Å². The predicted molar refractivity (Wildman–Crippen MR) is 105 cm³/mol. The fourth-order valence-corrected chi connectivity index (χ4v) is 3.49. The average Bonchev–Trinajstić information content (AvgIpc) is 2.59. The lowest BCUT2D eigenvalue weighted by Crippen LogP contribution is -2.44. The van der Waals surface area contributed by atoms with Gasteiger partial charge in [0.05, 0.1) is 23.6 Å². The molecule has 1 amide bonds. The fourth-order valence-electron chi connectivity index (χ4n) is 2.93. The van der Waals surface area contributed by atoms with Gasteiger partial charge in [-0.25, -0.2) is 8.42 Å². The number of anilines is 1. The summed E-state index contributed by atoms with van der Waals surface area (Å²) in [5, 5.41) is 3.40. The van der Waals surface area contributed by atoms with Gasteiger partial charge in [-0.15, -0.1) is 0 Å². The van der Waals surface area contributed by atoms with Crippen LogP contribution in [0.15, 0.2) is 18.2 Å². The predicted octanol–water partition coefficient (Wildman–Crippen LogP) is 1.15. The molecule has 0 aromatic heterocycles. The Labute approximate surface area is 161 Å². The number of carbonyl (C=O) groups is 1. The first-order chi connectivity index (χ1) is 12.6. The molecule has 1 aliphatic heterocycles. The van der Waals surface area contributed by atoms with Gasteiger partial charge in [-0.1, -0.05) is 6.92 Å². The van der Waals surface area contributed by atoms with Crippen molar-refractivity contribution in [2.45, 2.75) is 26.0 Å². The third-order valence-electron chi connectivity index (χ3n) is 4.53. The van der Waals surface area contributed by atoms with E-state index < -0.39 is 10.0 Å². The molecule has 0 spiro atoms. The van der Waals surface area contributed by atoms with Gasteiger partial charge in [0.1, 0.15) is 12.4 Å². The van der Waals surface area contributed by atoms with Crippen LogP contribution in [0, 0.1) is 5.92 Å². The van der Waals surface area contributed by atoms with Gasteiger partial charge >= 0.3 is 0 Å². The van der Waals surface area contributed by atoms with Crippen molar-refractivity contribution in [1.82, 2.24) is 10.2 Å². The van der Waals surface area contributed by atoms with Crippen LogP contribution in [0.5, 0.6) is 5.75 Å². The molecule has 0 fully saturated rings. The second kappa shape index (κ2) is 8.90. The van der Waals surface area contributed by atoms with Gasteiger partial charge in [0.15, 0.2) is 0 Å². The number of nitrogens with one attached hydrogen (secondary N) is 2. The number of benzene rings is 1. The highest BCUT2D eigenvalue weighted by atomic mass is 32.2. The van der Waals surface area contributed by atoms with E-state index in [0.29, 0.717) is 30.2 Å². The molecule has 2 rings (SSSR count). The average molecular weight is 400 g/mol. The van der Waals surface area contributed by atoms with Crippen molar-refractivity contribution in [3.05, 3.63) is 23.8 Å². The molecule has 2 N–H and O–H groups in total. The first-order valence-corrected chi connectivity index (χ1v) is 10.8. The summed E-state index contributed by atoms with van der Waals surface area (Å²) < 4.78 is 36.8. The third kappa shape index (κ3) is 6.08. The number of ether oxygens (including phenoxy) is 2. The van der Waals surface area contributed by atoms with Crippen LogP contribution in [0.25, 0.3) is 0 Å². The highest BCUT2D eigenvalue weighted by Gasteiger charge is 2.25. The summed E-state index contributed by atoms with van der Waals surface area (Å²) in [7, 11) is -0.0600. The van der Waals surface area contributed by atoms with Gasteiger partial charge in [0.25, 0.3) is 5.91 Å². The largest absolute Gasteiger partial charge is 0.491 e. The van der Waals surface area contributed by atoms with E-state index in [1.54, 1.807) is 31.2 Å². The van der Waals surface area contributed by atoms with E-state index in [-0.39, 0.29) is 24.0 Å². The summed E-state index contributed by atoms with van der Waals surface area (Å²) in [6.07, 6.45) is 0.971. The molecule has 27 heavy (non-hydrogen) atoms. The van der Waals surface area contributed by atoms with Crippen LogP contribution >= 0.6 is 0 Å². The number of fused-ring (bicyclic) bond motifs is 1. The summed E-state index contributed by atoms with van der Waals surface area (Å²) in [5.41, 5.74) is 0.731. The van der Waals surface area contributed by atoms with Crippen molar-refractivity contribution >= 4 is 21.6 Å². The summed E-state index contributed by atoms with van der Waals surface area (Å²) >= 11 is 0. The van der Waals surface area contributed by atoms with E-state index >= 15 is 0 Å². The van der Waals surface area contributed by atoms with E-state index in [0.717, 1.165) is 12.8 Å². The normalized spacial score (nSPS) is 25.0. The molecule has 0 saturated heterocycles. The number of nitrogens with zero attached hydrogens (tertiary/aromatic N) is 1. The van der Waals surface area contributed by atoms with E-state index in [1.807, 2.05) is 6.92 Å². The minimum absolute atomic E-state index is 0.0524. The Morgan fingerprint density at radius 1 is 1.33 bits per heavy atom. The van der Waals surface area contributed by atoms with Crippen molar-refractivity contribution in [2.24, 2.45) is 5.92 Å². The van der Waals surface area contributed by atoms with Crippen molar-refractivity contribution in [2.75, 3.05) is 44.8 Å². The van der Waals surface area contributed by atoms with Crippen molar-refractivity contribution < 1.29 is 22.7 Å². The molecule has 0 radical (unpaired) electrons. The Hall–Kier alpha value is -1.84. The smallest absolute Gasteiger partial charge is 0.257 e. The molecule has 0 aliphatic carbocycles. The van der Waals surface area contributed by atoms with Gasteiger partial charge < -0.3 is 19.7 Å². The lowest BCUT2D eigenvalue weighted by molar-refractivity contribution is 0.0281. The molecule has 152 valence electrons. The van der Waals surface area contributed by atoms with E-state index in [1.165, 1.54) is 6.07 Å². The second-order valence-corrected chi connectivity index (χ2v) is 8.89. The lowest BCUT2D eigenvalue weighted by atomic mass is 10.0. The summed E-state index contributed by atoms with van der Waals surface area (Å²) in [4.78, 5) is 14.5. The van der Waals surface area contributed by atoms with Crippen LogP contribution in [-0.4, -0.2) is 71.5 Å². The Morgan fingerprint density at radius 2 is 2.04 bits per heavy atom. The quantitative estimate of drug-likeness (QED) is 0.792. The van der Waals surface area contributed by atoms with Crippen LogP contribution in [0.4, 0.5) is 5.69 Å². The summed E-state index contributed by atoms with van der Waals surface area (Å²) in [6, 6.07) is 4.73. The number of rotatable bonds is 3. The Kier molecular flexibility index (Phi) is 7.07. The standard InChI is InChI=1S/C18H29N3O5S/c1-12-9-19-13(2)11-26-16-8-14(20-27(5,23)24)6-7-15(16)18(22)21(3)10-17(12)25-4/h6-8,12-13,17,19-20H,9-11H2,1-5H3/t12-,13-,17-/m0/s1. The first kappa shape index (κ1) is 21.5. The number of hydrogen-bond donors (Lipinski definition) is 2. The first-order valence-electron chi connectivity index (χ1n) is 8.87. The zero-order chi connectivity index (χ0) is 20.2. The van der Waals surface area contributed by atoms with E-state index in [2.05, 4.69) is 17.0 Å². The number of amides is 1. The van der Waals surface area contributed by atoms with Crippen molar-refractivity contribution in [3.8, 4) is 5.75 Å². The van der Waals surface area contributed by atoms with Gasteiger partial charge in [0, 0.05) is 39.4 Å². The number of methoxy groups -OCH3 is 1. The molecule has 0 bridgehead atoms. The van der Waals surface area contributed by atoms with Crippen LogP contribution < -0.4 is 14.8 Å². The molecule has 8 nitrogen and oxygen atoms in total. The van der Waals surface area contributed by atoms with Gasteiger partial charge in [0.2, 0.25) is 10.0 Å². The molecule has 1 heterocycles. The molecule has 0 unspecified atom stereocenters. The molecule has 3 atom stereocenters. The zero-order valence-electron chi connectivity index (χ0n) is 16.5. The molecule has 0 saturated carbocycles. The molecular weight excluding hydrogens is 370 g/mol. The maximum Gasteiger partial charge on any atom is 0.257 e. The molecule has 1 aromatic rings. The maximum absolute atomic E-state index is 12.9. The fraction of sp³-hybridized carbons (Fsp3) is 0.611. The highest BCUT2D eigenvalue weighted by Crippen LogP contribution is 2.26. The summed E-state index contributed by atoms with van der Waals surface area (Å²) in [6.45, 7) is 5.59. The van der Waals surface area contributed by atoms with Crippen molar-refractivity contribution in [1.29, 1.82) is 0 Å². The van der Waals surface area contributed by atoms with Crippen molar-refractivity contribution in [3.63, 3.8) is 0 Å². The zero-order valence-corrected chi connectivity index (χ0v) is 17.3. The number of hydrogen-bond acceptors (Lipinski definition) is 6. The Morgan fingerprint density at radius 3 is 2.67 bits per heavy atom. The van der Waals surface area contributed by atoms with E-state index in [9.17, 15) is 13.2 Å². The third-order valence-corrected chi connectivity index (χ3v) is 5.14. The van der Waals surface area contributed by atoms with Gasteiger partial charge in [-0.3, -0.25) is 9.52 Å². The molecular formula is C18H29N3O5S. The monoisotopic (exact) mass is 399 g/mol. The minimum atomic E-state index is -3.43. The van der Waals surface area contributed by atoms with Crippen LogP contribution in [0.1, 0.15) is 24.2 Å². The van der Waals surface area contributed by atoms with Gasteiger partial charge in [-0.2, -0.15) is 0 Å². The summed E-state index contributed by atoms with van der Waals surface area (Å²) in [5.74, 6) is 0.357. The SMILES string of the molecule is CO[C@H]1CN(C)C(=O)c2ccc(NS(C)(=O)=O)cc2OC[C@H](C)NC[C@@H]1C. The maximum atomic E-state index is 12.9. The van der Waals surface area contributed by atoms with Gasteiger partial charge in [-0.05, 0) is 25.0 Å². The number of sulfonamides is 1. The Bertz CT molecular complexity index is 768. The lowest BCUT2D eigenvalue weighted by Gasteiger charge is -2.30. The van der Waals surface area contributed by atoms with Crippen LogP contribution in [-0.2, 0) is 14.8 Å². The Balaban J connectivity index is 2.38. The van der Waals surface area contributed by atoms with Crippen LogP contribution in [0.2, 0.25) is 0 Å². The second-order valence-electron chi connectivity index (χ2n) is 7.14. The number of likely N-dealkylation sites (N-methyl/N-ethyl adjacent to an activating group) is 1.